The molecule has 8 nitrogen and oxygen atoms in total. The van der Waals surface area contributed by atoms with Gasteiger partial charge in [0.05, 0.1) is 18.0 Å². The van der Waals surface area contributed by atoms with Gasteiger partial charge in [0, 0.05) is 19.6 Å². The van der Waals surface area contributed by atoms with Crippen molar-refractivity contribution in [2.75, 3.05) is 26.2 Å². The van der Waals surface area contributed by atoms with Gasteiger partial charge in [0.15, 0.2) is 5.96 Å². The van der Waals surface area contributed by atoms with E-state index in [1.165, 1.54) is 18.0 Å². The lowest BCUT2D eigenvalue weighted by molar-refractivity contribution is -0.385. The van der Waals surface area contributed by atoms with Crippen LogP contribution in [-0.4, -0.2) is 51.7 Å². The van der Waals surface area contributed by atoms with Gasteiger partial charge < -0.3 is 10.2 Å². The summed E-state index contributed by atoms with van der Waals surface area (Å²) in [6, 6.07) is 10.7. The Kier molecular flexibility index (Phi) is 6.62. The van der Waals surface area contributed by atoms with E-state index in [2.05, 4.69) is 59.5 Å². The molecule has 0 aliphatic carbocycles. The largest absolute Gasteiger partial charge is 0.357 e. The molecule has 0 bridgehead atoms. The van der Waals surface area contributed by atoms with Crippen LogP contribution < -0.4 is 5.32 Å². The molecule has 150 valence electrons. The van der Waals surface area contributed by atoms with Crippen LogP contribution in [-0.2, 0) is 6.54 Å². The van der Waals surface area contributed by atoms with Gasteiger partial charge in [0.2, 0.25) is 0 Å². The Hall–Kier alpha value is -2.90. The number of aliphatic imine (C=N–C) groups is 1. The van der Waals surface area contributed by atoms with Crippen LogP contribution in [0.5, 0.6) is 0 Å². The van der Waals surface area contributed by atoms with Crippen molar-refractivity contribution < 1.29 is 4.92 Å². The molecule has 0 radical (unpaired) electrons. The number of likely N-dealkylation sites (tertiary alicyclic amines) is 1. The van der Waals surface area contributed by atoms with E-state index in [0.29, 0.717) is 24.9 Å². The van der Waals surface area contributed by atoms with E-state index in [-0.39, 0.29) is 5.69 Å². The van der Waals surface area contributed by atoms with Crippen LogP contribution in [0.25, 0.3) is 0 Å². The molecule has 28 heavy (non-hydrogen) atoms. The summed E-state index contributed by atoms with van der Waals surface area (Å²) < 4.78 is 1.56. The summed E-state index contributed by atoms with van der Waals surface area (Å²) >= 11 is 0. The van der Waals surface area contributed by atoms with Gasteiger partial charge >= 0.3 is 5.69 Å². The van der Waals surface area contributed by atoms with Crippen molar-refractivity contribution in [1.82, 2.24) is 20.0 Å². The molecule has 8 heteroatoms. The van der Waals surface area contributed by atoms with E-state index >= 15 is 0 Å². The van der Waals surface area contributed by atoms with E-state index < -0.39 is 4.92 Å². The summed E-state index contributed by atoms with van der Waals surface area (Å²) in [4.78, 5) is 17.4. The van der Waals surface area contributed by atoms with Gasteiger partial charge in [-0.05, 0) is 30.7 Å². The molecular weight excluding hydrogens is 356 g/mol. The normalized spacial score (nSPS) is 20.2. The smallest absolute Gasteiger partial charge is 0.306 e. The summed E-state index contributed by atoms with van der Waals surface area (Å²) in [5.74, 6) is 2.02. The van der Waals surface area contributed by atoms with Crippen LogP contribution in [0, 0.1) is 16.0 Å². The number of benzene rings is 1. The van der Waals surface area contributed by atoms with Crippen molar-refractivity contribution in [3.05, 3.63) is 58.4 Å². The maximum absolute atomic E-state index is 10.8. The van der Waals surface area contributed by atoms with E-state index in [9.17, 15) is 10.1 Å². The summed E-state index contributed by atoms with van der Waals surface area (Å²) in [6.45, 7) is 8.12. The van der Waals surface area contributed by atoms with E-state index in [1.807, 2.05) is 0 Å². The SMILES string of the molecule is CCNC(=NCCn1cc([N+](=O)[O-])cn1)N1CCC(c2ccccc2)C(C)C1. The van der Waals surface area contributed by atoms with Crippen molar-refractivity contribution in [3.8, 4) is 0 Å². The van der Waals surface area contributed by atoms with Crippen molar-refractivity contribution in [3.63, 3.8) is 0 Å². The minimum Gasteiger partial charge on any atom is -0.357 e. The minimum absolute atomic E-state index is 0.00713. The summed E-state index contributed by atoms with van der Waals surface area (Å²) in [6.07, 6.45) is 3.81. The molecule has 1 fully saturated rings. The predicted octanol–water partition coefficient (Wildman–Crippen LogP) is 2.88. The molecule has 2 atom stereocenters. The molecular formula is C20H28N6O2. The fourth-order valence-electron chi connectivity index (χ4n) is 3.79. The van der Waals surface area contributed by atoms with Gasteiger partial charge in [-0.1, -0.05) is 37.3 Å². The number of nitro groups is 1. The lowest BCUT2D eigenvalue weighted by Crippen LogP contribution is -2.48. The second-order valence-corrected chi connectivity index (χ2v) is 7.18. The third-order valence-corrected chi connectivity index (χ3v) is 5.19. The van der Waals surface area contributed by atoms with E-state index in [0.717, 1.165) is 32.0 Å². The monoisotopic (exact) mass is 384 g/mol. The zero-order chi connectivity index (χ0) is 19.9. The van der Waals surface area contributed by atoms with E-state index in [4.69, 9.17) is 4.99 Å². The first kappa shape index (κ1) is 19.9. The van der Waals surface area contributed by atoms with Gasteiger partial charge in [0.1, 0.15) is 12.4 Å². The highest BCUT2D eigenvalue weighted by molar-refractivity contribution is 5.80. The van der Waals surface area contributed by atoms with Gasteiger partial charge in [0.25, 0.3) is 0 Å². The van der Waals surface area contributed by atoms with Crippen molar-refractivity contribution in [2.45, 2.75) is 32.7 Å². The number of piperidine rings is 1. The van der Waals surface area contributed by atoms with Crippen molar-refractivity contribution >= 4 is 11.6 Å². The topological polar surface area (TPSA) is 88.6 Å². The van der Waals surface area contributed by atoms with Crippen molar-refractivity contribution in [2.24, 2.45) is 10.9 Å². The molecule has 2 unspecified atom stereocenters. The Balaban J connectivity index is 1.60. The lowest BCUT2D eigenvalue weighted by Gasteiger charge is -2.39. The molecule has 2 heterocycles. The standard InChI is InChI=1S/C20H28N6O2/c1-3-21-20(22-10-12-25-15-18(13-23-25)26(27)28)24-11-9-19(16(2)14-24)17-7-5-4-6-8-17/h4-8,13,15-16,19H,3,9-12,14H2,1-2H3,(H,21,22). The van der Waals surface area contributed by atoms with Crippen LogP contribution in [0.4, 0.5) is 5.69 Å². The average molecular weight is 384 g/mol. The Labute approximate surface area is 165 Å². The highest BCUT2D eigenvalue weighted by atomic mass is 16.6. The molecule has 1 N–H and O–H groups in total. The zero-order valence-electron chi connectivity index (χ0n) is 16.5. The fourth-order valence-corrected chi connectivity index (χ4v) is 3.79. The van der Waals surface area contributed by atoms with Gasteiger partial charge in [-0.15, -0.1) is 0 Å². The molecule has 1 aliphatic rings. The molecule has 2 aromatic rings. The molecule has 1 aromatic heterocycles. The lowest BCUT2D eigenvalue weighted by atomic mass is 9.82. The maximum Gasteiger partial charge on any atom is 0.306 e. The van der Waals surface area contributed by atoms with Gasteiger partial charge in [-0.25, -0.2) is 0 Å². The Morgan fingerprint density at radius 3 is 2.82 bits per heavy atom. The highest BCUT2D eigenvalue weighted by Gasteiger charge is 2.28. The maximum atomic E-state index is 10.8. The van der Waals surface area contributed by atoms with Crippen LogP contribution >= 0.6 is 0 Å². The molecule has 3 rings (SSSR count). The quantitative estimate of drug-likeness (QED) is 0.358. The molecule has 1 aromatic carbocycles. The fraction of sp³-hybridized carbons (Fsp3) is 0.500. The number of hydrogen-bond acceptors (Lipinski definition) is 4. The minimum atomic E-state index is -0.435. The van der Waals surface area contributed by atoms with Gasteiger partial charge in [-0.3, -0.25) is 19.8 Å². The second-order valence-electron chi connectivity index (χ2n) is 7.18. The number of nitrogens with zero attached hydrogens (tertiary/aromatic N) is 5. The van der Waals surface area contributed by atoms with Crippen LogP contribution in [0.15, 0.2) is 47.7 Å². The molecule has 1 aliphatic heterocycles. The first-order valence-electron chi connectivity index (χ1n) is 9.83. The number of aromatic nitrogens is 2. The molecule has 0 amide bonds. The average Bonchev–Trinajstić information content (AvgIpc) is 3.17. The first-order valence-corrected chi connectivity index (χ1v) is 9.83. The molecule has 0 saturated carbocycles. The van der Waals surface area contributed by atoms with Crippen molar-refractivity contribution in [1.29, 1.82) is 0 Å². The third kappa shape index (κ3) is 4.88. The Morgan fingerprint density at radius 2 is 2.18 bits per heavy atom. The summed E-state index contributed by atoms with van der Waals surface area (Å²) in [7, 11) is 0. The Bertz CT molecular complexity index is 804. The number of hydrogen-bond donors (Lipinski definition) is 1. The third-order valence-electron chi connectivity index (χ3n) is 5.19. The number of guanidine groups is 1. The highest BCUT2D eigenvalue weighted by Crippen LogP contribution is 2.32. The van der Waals surface area contributed by atoms with Gasteiger partial charge in [-0.2, -0.15) is 5.10 Å². The zero-order valence-corrected chi connectivity index (χ0v) is 16.5. The summed E-state index contributed by atoms with van der Waals surface area (Å²) in [5, 5.41) is 18.2. The second kappa shape index (κ2) is 9.34. The Morgan fingerprint density at radius 1 is 1.39 bits per heavy atom. The van der Waals surface area contributed by atoms with Crippen LogP contribution in [0.1, 0.15) is 31.7 Å². The predicted molar refractivity (Wildman–Crippen MR) is 109 cm³/mol. The summed E-state index contributed by atoms with van der Waals surface area (Å²) in [5.41, 5.74) is 1.42. The number of rotatable bonds is 6. The molecule has 1 saturated heterocycles. The first-order chi connectivity index (χ1) is 13.6. The number of nitrogens with one attached hydrogen (secondary N) is 1. The van der Waals surface area contributed by atoms with E-state index in [1.54, 1.807) is 4.68 Å². The van der Waals surface area contributed by atoms with Crippen LogP contribution in [0.2, 0.25) is 0 Å². The van der Waals surface area contributed by atoms with Crippen LogP contribution in [0.3, 0.4) is 0 Å². The molecule has 0 spiro atoms.